The van der Waals surface area contributed by atoms with E-state index in [0.29, 0.717) is 18.8 Å². The molecule has 4 rings (SSSR count). The van der Waals surface area contributed by atoms with Crippen molar-refractivity contribution in [3.8, 4) is 5.75 Å². The summed E-state index contributed by atoms with van der Waals surface area (Å²) in [6.07, 6.45) is -4.88. The topological polar surface area (TPSA) is 131 Å². The van der Waals surface area contributed by atoms with Gasteiger partial charge in [0.25, 0.3) is 5.91 Å². The number of carbonyl (C=O) groups is 3. The minimum atomic E-state index is -4.50. The van der Waals surface area contributed by atoms with Gasteiger partial charge < -0.3 is 30.5 Å². The molecule has 10 nitrogen and oxygen atoms in total. The number of aliphatic hydroxyl groups excluding tert-OH is 1. The van der Waals surface area contributed by atoms with Crippen LogP contribution in [0.15, 0.2) is 66.7 Å². The number of nitrogens with zero attached hydrogens (tertiary/aromatic N) is 2. The normalized spacial score (nSPS) is 17.5. The van der Waals surface area contributed by atoms with Crippen LogP contribution in [0, 0.1) is 5.92 Å². The van der Waals surface area contributed by atoms with E-state index in [2.05, 4.69) is 10.6 Å². The third-order valence-electron chi connectivity index (χ3n) is 7.54. The maximum atomic E-state index is 13.7. The van der Waals surface area contributed by atoms with E-state index in [9.17, 15) is 32.7 Å². The number of halogens is 3. The Morgan fingerprint density at radius 2 is 1.67 bits per heavy atom. The van der Waals surface area contributed by atoms with Crippen molar-refractivity contribution in [1.29, 1.82) is 0 Å². The summed E-state index contributed by atoms with van der Waals surface area (Å²) >= 11 is 0. The number of fused-ring (bicyclic) bond motifs is 1. The van der Waals surface area contributed by atoms with Crippen molar-refractivity contribution in [3.63, 3.8) is 0 Å². The number of hydrogen-bond acceptors (Lipinski definition) is 6. The van der Waals surface area contributed by atoms with Crippen molar-refractivity contribution in [2.24, 2.45) is 5.92 Å². The third kappa shape index (κ3) is 8.52. The van der Waals surface area contributed by atoms with Crippen molar-refractivity contribution < 1.29 is 42.5 Å². The van der Waals surface area contributed by atoms with Gasteiger partial charge in [-0.15, -0.1) is 0 Å². The predicted octanol–water partition coefficient (Wildman–Crippen LogP) is 5.40. The summed E-state index contributed by atoms with van der Waals surface area (Å²) in [5.74, 6) is -1.24. The molecular formula is C32H35F3N4O6. The standard InChI is InChI=1S/C32H35F3N4O6/c1-19-15-39(20(2)18-40)29(41)26-14-25(37-31(44)36-24-10-8-23(9-11-24)32(33,34)35)12-13-27(26)45-28(19)17-38(3)16-21-4-6-22(7-5-21)30(42)43/h4-14,19-20,28,40H,15-18H2,1-3H3,(H,42,43)(H2,36,37,44)/t19-,20+,28+/m0/s1. The molecule has 0 unspecified atom stereocenters. The molecule has 0 radical (unpaired) electrons. The van der Waals surface area contributed by atoms with Crippen molar-refractivity contribution in [1.82, 2.24) is 9.80 Å². The molecule has 1 heterocycles. The monoisotopic (exact) mass is 628 g/mol. The first-order chi connectivity index (χ1) is 21.2. The Morgan fingerprint density at radius 3 is 2.27 bits per heavy atom. The van der Waals surface area contributed by atoms with Crippen LogP contribution in [0.5, 0.6) is 5.75 Å². The van der Waals surface area contributed by atoms with Crippen LogP contribution in [0.25, 0.3) is 0 Å². The summed E-state index contributed by atoms with van der Waals surface area (Å²) in [4.78, 5) is 41.1. The van der Waals surface area contributed by atoms with E-state index in [1.165, 1.54) is 6.07 Å². The molecular weight excluding hydrogens is 593 g/mol. The molecule has 1 aliphatic heterocycles. The van der Waals surface area contributed by atoms with Crippen molar-refractivity contribution in [3.05, 3.63) is 89.0 Å². The maximum absolute atomic E-state index is 13.7. The van der Waals surface area contributed by atoms with E-state index in [1.54, 1.807) is 48.2 Å². The van der Waals surface area contributed by atoms with Gasteiger partial charge in [0.2, 0.25) is 0 Å². The number of aromatic carboxylic acids is 1. The minimum Gasteiger partial charge on any atom is -0.488 e. The lowest BCUT2D eigenvalue weighted by molar-refractivity contribution is -0.137. The van der Waals surface area contributed by atoms with Gasteiger partial charge in [-0.3, -0.25) is 9.69 Å². The Hall–Kier alpha value is -4.62. The molecule has 240 valence electrons. The van der Waals surface area contributed by atoms with Crippen LogP contribution in [0.4, 0.5) is 29.3 Å². The van der Waals surface area contributed by atoms with E-state index in [4.69, 9.17) is 9.84 Å². The molecule has 0 fully saturated rings. The molecule has 1 aliphatic rings. The summed E-state index contributed by atoms with van der Waals surface area (Å²) in [5.41, 5.74) is 0.836. The zero-order valence-electron chi connectivity index (χ0n) is 25.0. The second-order valence-corrected chi connectivity index (χ2v) is 11.2. The highest BCUT2D eigenvalue weighted by Gasteiger charge is 2.34. The number of carboxylic acids is 1. The molecule has 0 aromatic heterocycles. The second kappa shape index (κ2) is 14.0. The largest absolute Gasteiger partial charge is 0.488 e. The molecule has 0 aliphatic carbocycles. The van der Waals surface area contributed by atoms with Gasteiger partial charge in [-0.1, -0.05) is 19.1 Å². The predicted molar refractivity (Wildman–Crippen MR) is 161 cm³/mol. The second-order valence-electron chi connectivity index (χ2n) is 11.2. The molecule has 4 N–H and O–H groups in total. The average Bonchev–Trinajstić information content (AvgIpc) is 2.98. The Kier molecular flexibility index (Phi) is 10.3. The summed E-state index contributed by atoms with van der Waals surface area (Å²) in [5, 5.41) is 24.1. The molecule has 0 spiro atoms. The van der Waals surface area contributed by atoms with Gasteiger partial charge >= 0.3 is 18.2 Å². The SMILES string of the molecule is C[C@H](CO)N1C[C@H](C)[C@@H](CN(C)Cc2ccc(C(=O)O)cc2)Oc2ccc(NC(=O)Nc3ccc(C(F)(F)F)cc3)cc2C1=O. The number of carbonyl (C=O) groups excluding carboxylic acids is 2. The van der Waals surface area contributed by atoms with Crippen molar-refractivity contribution in [2.75, 3.05) is 37.4 Å². The van der Waals surface area contributed by atoms with Gasteiger partial charge in [0.1, 0.15) is 11.9 Å². The van der Waals surface area contributed by atoms with Crippen LogP contribution >= 0.6 is 0 Å². The number of hydrogen-bond donors (Lipinski definition) is 4. The number of alkyl halides is 3. The number of benzene rings is 3. The van der Waals surface area contributed by atoms with Crippen molar-refractivity contribution >= 4 is 29.3 Å². The van der Waals surface area contributed by atoms with Crippen molar-refractivity contribution in [2.45, 2.75) is 38.7 Å². The number of ether oxygens (including phenoxy) is 1. The number of rotatable bonds is 9. The van der Waals surface area contributed by atoms with E-state index in [1.807, 2.05) is 18.9 Å². The van der Waals surface area contributed by atoms with Gasteiger partial charge in [0.15, 0.2) is 0 Å². The molecule has 13 heteroatoms. The fourth-order valence-electron chi connectivity index (χ4n) is 4.99. The molecule has 0 saturated carbocycles. The summed E-state index contributed by atoms with van der Waals surface area (Å²) in [6, 6.07) is 13.9. The number of urea groups is 1. The molecule has 0 bridgehead atoms. The van der Waals surface area contributed by atoms with Gasteiger partial charge in [0.05, 0.1) is 29.3 Å². The zero-order valence-corrected chi connectivity index (χ0v) is 25.0. The highest BCUT2D eigenvalue weighted by atomic mass is 19.4. The lowest BCUT2D eigenvalue weighted by Gasteiger charge is -2.38. The van der Waals surface area contributed by atoms with Gasteiger partial charge in [-0.25, -0.2) is 9.59 Å². The first-order valence-corrected chi connectivity index (χ1v) is 14.2. The number of anilines is 2. The minimum absolute atomic E-state index is 0.139. The highest BCUT2D eigenvalue weighted by molar-refractivity contribution is 6.02. The average molecular weight is 629 g/mol. The number of amides is 3. The van der Waals surface area contributed by atoms with Crippen LogP contribution in [0.1, 0.15) is 45.7 Å². The van der Waals surface area contributed by atoms with Gasteiger partial charge in [-0.2, -0.15) is 13.2 Å². The Morgan fingerprint density at radius 1 is 1.04 bits per heavy atom. The molecule has 3 aromatic rings. The summed E-state index contributed by atoms with van der Waals surface area (Å²) in [7, 11) is 1.91. The van der Waals surface area contributed by atoms with Crippen LogP contribution in [-0.2, 0) is 12.7 Å². The van der Waals surface area contributed by atoms with E-state index >= 15 is 0 Å². The quantitative estimate of drug-likeness (QED) is 0.250. The highest BCUT2D eigenvalue weighted by Crippen LogP contribution is 2.32. The molecule has 3 aromatic carbocycles. The molecule has 0 saturated heterocycles. The lowest BCUT2D eigenvalue weighted by atomic mass is 9.99. The van der Waals surface area contributed by atoms with Crippen LogP contribution in [0.3, 0.4) is 0 Å². The lowest BCUT2D eigenvalue weighted by Crippen LogP contribution is -2.49. The molecule has 3 amide bonds. The summed E-state index contributed by atoms with van der Waals surface area (Å²) < 4.78 is 44.9. The van der Waals surface area contributed by atoms with E-state index in [0.717, 1.165) is 29.8 Å². The Balaban J connectivity index is 1.52. The first-order valence-electron chi connectivity index (χ1n) is 14.2. The van der Waals surface area contributed by atoms with Crippen LogP contribution < -0.4 is 15.4 Å². The van der Waals surface area contributed by atoms with E-state index < -0.39 is 35.7 Å². The molecule has 3 atom stereocenters. The summed E-state index contributed by atoms with van der Waals surface area (Å²) in [6.45, 7) is 4.69. The number of aliphatic hydroxyl groups is 1. The fourth-order valence-corrected chi connectivity index (χ4v) is 4.99. The third-order valence-corrected chi connectivity index (χ3v) is 7.54. The number of nitrogens with one attached hydrogen (secondary N) is 2. The van der Waals surface area contributed by atoms with E-state index in [-0.39, 0.29) is 47.7 Å². The van der Waals surface area contributed by atoms with Gasteiger partial charge in [0, 0.05) is 36.9 Å². The Bertz CT molecular complexity index is 1510. The molecule has 45 heavy (non-hydrogen) atoms. The number of likely N-dealkylation sites (N-methyl/N-ethyl adjacent to an activating group) is 1. The van der Waals surface area contributed by atoms with Crippen LogP contribution in [-0.4, -0.2) is 76.8 Å². The smallest absolute Gasteiger partial charge is 0.416 e. The van der Waals surface area contributed by atoms with Crippen LogP contribution in [0.2, 0.25) is 0 Å². The maximum Gasteiger partial charge on any atom is 0.416 e. The first kappa shape index (κ1) is 33.3. The fraction of sp³-hybridized carbons (Fsp3) is 0.344. The van der Waals surface area contributed by atoms with Gasteiger partial charge in [-0.05, 0) is 74.1 Å². The zero-order chi connectivity index (χ0) is 32.9. The number of carboxylic acid groups (broad SMARTS) is 1. The Labute approximate surface area is 258 Å².